The molecule has 0 aliphatic heterocycles. The minimum absolute atomic E-state index is 0.135. The summed E-state index contributed by atoms with van der Waals surface area (Å²) in [6.07, 6.45) is 0.382. The second kappa shape index (κ2) is 5.17. The SMILES string of the molecule is Cc1nc(CC(=O)c2cccc3ccccc23)sc1C. The fraction of sp³-hybridized carbons (Fsp3) is 0.176. The first-order chi connectivity index (χ1) is 9.65. The van der Waals surface area contributed by atoms with E-state index in [4.69, 9.17) is 0 Å². The predicted octanol–water partition coefficient (Wildman–Crippen LogP) is 4.34. The van der Waals surface area contributed by atoms with Crippen LogP contribution in [0.2, 0.25) is 0 Å². The standard InChI is InChI=1S/C17H15NOS/c1-11-12(2)20-17(18-11)10-16(19)15-9-5-7-13-6-3-4-8-14(13)15/h3-9H,10H2,1-2H3. The smallest absolute Gasteiger partial charge is 0.170 e. The quantitative estimate of drug-likeness (QED) is 0.668. The number of carbonyl (C=O) groups excluding carboxylic acids is 1. The zero-order valence-corrected chi connectivity index (χ0v) is 12.3. The summed E-state index contributed by atoms with van der Waals surface area (Å²) in [5, 5.41) is 3.02. The molecule has 0 saturated carbocycles. The number of benzene rings is 2. The van der Waals surface area contributed by atoms with Crippen molar-refractivity contribution >= 4 is 27.9 Å². The van der Waals surface area contributed by atoms with Crippen LogP contribution in [0.3, 0.4) is 0 Å². The van der Waals surface area contributed by atoms with E-state index in [0.29, 0.717) is 6.42 Å². The summed E-state index contributed by atoms with van der Waals surface area (Å²) in [6, 6.07) is 13.9. The molecule has 2 aromatic carbocycles. The first-order valence-electron chi connectivity index (χ1n) is 6.59. The van der Waals surface area contributed by atoms with E-state index in [1.807, 2.05) is 56.3 Å². The number of aromatic nitrogens is 1. The summed E-state index contributed by atoms with van der Waals surface area (Å²) >= 11 is 1.61. The maximum atomic E-state index is 12.5. The molecule has 1 aromatic heterocycles. The summed E-state index contributed by atoms with van der Waals surface area (Å²) in [5.74, 6) is 0.135. The lowest BCUT2D eigenvalue weighted by atomic mass is 10.0. The van der Waals surface area contributed by atoms with Crippen LogP contribution in [0.1, 0.15) is 25.9 Å². The Labute approximate surface area is 122 Å². The number of thiazole rings is 1. The van der Waals surface area contributed by atoms with Gasteiger partial charge in [0.25, 0.3) is 0 Å². The van der Waals surface area contributed by atoms with Gasteiger partial charge in [0.05, 0.1) is 12.1 Å². The van der Waals surface area contributed by atoms with Gasteiger partial charge in [-0.1, -0.05) is 42.5 Å². The van der Waals surface area contributed by atoms with Gasteiger partial charge in [-0.05, 0) is 24.6 Å². The average molecular weight is 281 g/mol. The zero-order chi connectivity index (χ0) is 14.1. The molecule has 0 aliphatic rings. The van der Waals surface area contributed by atoms with Crippen molar-refractivity contribution < 1.29 is 4.79 Å². The number of hydrogen-bond donors (Lipinski definition) is 0. The normalized spacial score (nSPS) is 10.9. The fourth-order valence-electron chi connectivity index (χ4n) is 2.32. The summed E-state index contributed by atoms with van der Waals surface area (Å²) in [7, 11) is 0. The Morgan fingerprint density at radius 1 is 1.10 bits per heavy atom. The van der Waals surface area contributed by atoms with Crippen LogP contribution in [-0.2, 0) is 6.42 Å². The molecule has 0 spiro atoms. The van der Waals surface area contributed by atoms with Crippen LogP contribution >= 0.6 is 11.3 Å². The highest BCUT2D eigenvalue weighted by Crippen LogP contribution is 2.22. The Bertz CT molecular complexity index is 764. The lowest BCUT2D eigenvalue weighted by molar-refractivity contribution is 0.0994. The van der Waals surface area contributed by atoms with Gasteiger partial charge in [-0.25, -0.2) is 4.98 Å². The summed E-state index contributed by atoms with van der Waals surface area (Å²) < 4.78 is 0. The van der Waals surface area contributed by atoms with Crippen molar-refractivity contribution in [2.24, 2.45) is 0 Å². The van der Waals surface area contributed by atoms with Gasteiger partial charge in [0.15, 0.2) is 5.78 Å². The molecule has 20 heavy (non-hydrogen) atoms. The van der Waals surface area contributed by atoms with Gasteiger partial charge in [-0.15, -0.1) is 11.3 Å². The molecular formula is C17H15NOS. The molecule has 0 amide bonds. The first kappa shape index (κ1) is 13.0. The third-order valence-electron chi connectivity index (χ3n) is 3.47. The molecule has 0 aliphatic carbocycles. The Balaban J connectivity index is 1.96. The van der Waals surface area contributed by atoms with Crippen LogP contribution in [0.25, 0.3) is 10.8 Å². The fourth-order valence-corrected chi connectivity index (χ4v) is 3.25. The first-order valence-corrected chi connectivity index (χ1v) is 7.40. The van der Waals surface area contributed by atoms with E-state index >= 15 is 0 Å². The highest BCUT2D eigenvalue weighted by Gasteiger charge is 2.13. The molecule has 3 rings (SSSR count). The van der Waals surface area contributed by atoms with Gasteiger partial charge in [0.1, 0.15) is 5.01 Å². The van der Waals surface area contributed by atoms with E-state index in [1.165, 1.54) is 4.88 Å². The lowest BCUT2D eigenvalue weighted by Crippen LogP contribution is -2.04. The molecule has 0 fully saturated rings. The minimum Gasteiger partial charge on any atom is -0.294 e. The van der Waals surface area contributed by atoms with E-state index in [9.17, 15) is 4.79 Å². The van der Waals surface area contributed by atoms with E-state index in [-0.39, 0.29) is 5.78 Å². The number of ketones is 1. The van der Waals surface area contributed by atoms with Gasteiger partial charge < -0.3 is 0 Å². The topological polar surface area (TPSA) is 30.0 Å². The lowest BCUT2D eigenvalue weighted by Gasteiger charge is -2.04. The van der Waals surface area contributed by atoms with E-state index < -0.39 is 0 Å². The number of rotatable bonds is 3. The number of aryl methyl sites for hydroxylation is 2. The second-order valence-corrected chi connectivity index (χ2v) is 6.16. The van der Waals surface area contributed by atoms with Gasteiger partial charge in [-0.3, -0.25) is 4.79 Å². The number of Topliss-reactive ketones (excluding diaryl/α,β-unsaturated/α-hetero) is 1. The predicted molar refractivity (Wildman–Crippen MR) is 83.6 cm³/mol. The summed E-state index contributed by atoms with van der Waals surface area (Å²) in [4.78, 5) is 18.2. The molecule has 100 valence electrons. The summed E-state index contributed by atoms with van der Waals surface area (Å²) in [5.41, 5.74) is 1.81. The van der Waals surface area contributed by atoms with Crippen LogP contribution in [0.4, 0.5) is 0 Å². The second-order valence-electron chi connectivity index (χ2n) is 4.88. The van der Waals surface area contributed by atoms with Gasteiger partial charge in [0, 0.05) is 10.4 Å². The Kier molecular flexibility index (Phi) is 3.36. The molecular weight excluding hydrogens is 266 g/mol. The molecule has 2 nitrogen and oxygen atoms in total. The van der Waals surface area contributed by atoms with Crippen LogP contribution in [0.15, 0.2) is 42.5 Å². The van der Waals surface area contributed by atoms with Gasteiger partial charge >= 0.3 is 0 Å². The monoisotopic (exact) mass is 281 g/mol. The van der Waals surface area contributed by atoms with Crippen molar-refractivity contribution in [3.8, 4) is 0 Å². The third kappa shape index (κ3) is 2.37. The number of carbonyl (C=O) groups is 1. The zero-order valence-electron chi connectivity index (χ0n) is 11.5. The van der Waals surface area contributed by atoms with Crippen LogP contribution in [0.5, 0.6) is 0 Å². The maximum Gasteiger partial charge on any atom is 0.170 e. The highest BCUT2D eigenvalue weighted by molar-refractivity contribution is 7.11. The highest BCUT2D eigenvalue weighted by atomic mass is 32.1. The molecule has 0 bridgehead atoms. The van der Waals surface area contributed by atoms with Gasteiger partial charge in [0.2, 0.25) is 0 Å². The molecule has 3 heteroatoms. The molecule has 3 aromatic rings. The van der Waals surface area contributed by atoms with Crippen molar-refractivity contribution in [3.05, 3.63) is 63.6 Å². The molecule has 1 heterocycles. The molecule has 0 saturated heterocycles. The Morgan fingerprint density at radius 3 is 2.60 bits per heavy atom. The van der Waals surface area contributed by atoms with Crippen molar-refractivity contribution in [2.45, 2.75) is 20.3 Å². The van der Waals surface area contributed by atoms with Crippen LogP contribution in [-0.4, -0.2) is 10.8 Å². The Morgan fingerprint density at radius 2 is 1.85 bits per heavy atom. The van der Waals surface area contributed by atoms with Gasteiger partial charge in [-0.2, -0.15) is 0 Å². The minimum atomic E-state index is 0.135. The van der Waals surface area contributed by atoms with E-state index in [1.54, 1.807) is 11.3 Å². The van der Waals surface area contributed by atoms with E-state index in [0.717, 1.165) is 27.0 Å². The Hall–Kier alpha value is -2.00. The molecule has 0 unspecified atom stereocenters. The molecule has 0 radical (unpaired) electrons. The molecule has 0 N–H and O–H groups in total. The number of fused-ring (bicyclic) bond motifs is 1. The number of nitrogens with zero attached hydrogens (tertiary/aromatic N) is 1. The largest absolute Gasteiger partial charge is 0.294 e. The van der Waals surface area contributed by atoms with Crippen LogP contribution < -0.4 is 0 Å². The number of hydrogen-bond acceptors (Lipinski definition) is 3. The maximum absolute atomic E-state index is 12.5. The average Bonchev–Trinajstić information content (AvgIpc) is 2.76. The molecule has 0 atom stereocenters. The van der Waals surface area contributed by atoms with Crippen molar-refractivity contribution in [1.82, 2.24) is 4.98 Å². The van der Waals surface area contributed by atoms with Crippen molar-refractivity contribution in [2.75, 3.05) is 0 Å². The summed E-state index contributed by atoms with van der Waals surface area (Å²) in [6.45, 7) is 4.02. The third-order valence-corrected chi connectivity index (χ3v) is 4.55. The van der Waals surface area contributed by atoms with Crippen molar-refractivity contribution in [3.63, 3.8) is 0 Å². The van der Waals surface area contributed by atoms with Crippen molar-refractivity contribution in [1.29, 1.82) is 0 Å². The van der Waals surface area contributed by atoms with E-state index in [2.05, 4.69) is 4.98 Å². The van der Waals surface area contributed by atoms with Crippen LogP contribution in [0, 0.1) is 13.8 Å².